The molecule has 108 valence electrons. The second-order valence-electron chi connectivity index (χ2n) is 4.21. The molecular formula is C14H9F4N3. The molecule has 21 heavy (non-hydrogen) atoms. The van der Waals surface area contributed by atoms with Crippen LogP contribution in [-0.4, -0.2) is 4.98 Å². The number of hydrogen-bond acceptors (Lipinski definition) is 3. The number of nitriles is 1. The molecule has 0 spiro atoms. The van der Waals surface area contributed by atoms with Gasteiger partial charge in [-0.05, 0) is 35.9 Å². The van der Waals surface area contributed by atoms with Crippen LogP contribution >= 0.6 is 0 Å². The van der Waals surface area contributed by atoms with Crippen LogP contribution in [0.4, 0.5) is 23.2 Å². The van der Waals surface area contributed by atoms with Crippen molar-refractivity contribution in [3.05, 3.63) is 59.2 Å². The van der Waals surface area contributed by atoms with Crippen LogP contribution in [0.3, 0.4) is 0 Å². The summed E-state index contributed by atoms with van der Waals surface area (Å²) in [6.07, 6.45) is -3.31. The number of halogens is 4. The molecule has 0 saturated heterocycles. The molecule has 0 aliphatic rings. The molecule has 1 aromatic carbocycles. The van der Waals surface area contributed by atoms with Crippen LogP contribution in [0.5, 0.6) is 0 Å². The van der Waals surface area contributed by atoms with Gasteiger partial charge in [-0.15, -0.1) is 0 Å². The first kappa shape index (κ1) is 14.8. The lowest BCUT2D eigenvalue weighted by molar-refractivity contribution is -0.139. The van der Waals surface area contributed by atoms with Gasteiger partial charge in [0, 0.05) is 18.4 Å². The number of aromatic nitrogens is 1. The van der Waals surface area contributed by atoms with Gasteiger partial charge in [0.15, 0.2) is 0 Å². The zero-order chi connectivity index (χ0) is 15.5. The van der Waals surface area contributed by atoms with Crippen molar-refractivity contribution in [3.8, 4) is 6.07 Å². The van der Waals surface area contributed by atoms with Crippen molar-refractivity contribution in [2.45, 2.75) is 12.7 Å². The van der Waals surface area contributed by atoms with Crippen molar-refractivity contribution in [1.82, 2.24) is 4.98 Å². The molecule has 1 aromatic heterocycles. The third-order valence-corrected chi connectivity index (χ3v) is 2.71. The normalized spacial score (nSPS) is 11.0. The molecule has 1 N–H and O–H groups in total. The topological polar surface area (TPSA) is 48.7 Å². The number of pyridine rings is 1. The van der Waals surface area contributed by atoms with E-state index in [1.54, 1.807) is 6.07 Å². The maximum absolute atomic E-state index is 13.1. The number of nitrogens with zero attached hydrogens (tertiary/aromatic N) is 2. The Morgan fingerprint density at radius 1 is 1.19 bits per heavy atom. The van der Waals surface area contributed by atoms with Crippen LogP contribution in [0.15, 0.2) is 36.5 Å². The summed E-state index contributed by atoms with van der Waals surface area (Å²) < 4.78 is 50.9. The van der Waals surface area contributed by atoms with Crippen LogP contribution in [0.1, 0.15) is 16.8 Å². The van der Waals surface area contributed by atoms with Gasteiger partial charge in [0.05, 0.1) is 5.56 Å². The van der Waals surface area contributed by atoms with Crippen molar-refractivity contribution in [2.75, 3.05) is 5.32 Å². The third-order valence-electron chi connectivity index (χ3n) is 2.71. The third kappa shape index (κ3) is 3.69. The van der Waals surface area contributed by atoms with Gasteiger partial charge in [0.2, 0.25) is 0 Å². The van der Waals surface area contributed by atoms with E-state index in [1.165, 1.54) is 18.3 Å². The highest BCUT2D eigenvalue weighted by Gasteiger charge is 2.34. The predicted octanol–water partition coefficient (Wildman–Crippen LogP) is 3.72. The van der Waals surface area contributed by atoms with Gasteiger partial charge < -0.3 is 5.32 Å². The largest absolute Gasteiger partial charge is 0.419 e. The van der Waals surface area contributed by atoms with Gasteiger partial charge >= 0.3 is 6.18 Å². The van der Waals surface area contributed by atoms with Crippen LogP contribution in [0, 0.1) is 17.1 Å². The number of alkyl halides is 3. The first-order valence-corrected chi connectivity index (χ1v) is 5.86. The fourth-order valence-corrected chi connectivity index (χ4v) is 1.70. The minimum Gasteiger partial charge on any atom is -0.381 e. The van der Waals surface area contributed by atoms with Crippen LogP contribution in [-0.2, 0) is 12.7 Å². The lowest BCUT2D eigenvalue weighted by Gasteiger charge is -2.11. The molecule has 0 bridgehead atoms. The molecule has 0 unspecified atom stereocenters. The molecule has 1 heterocycles. The number of benzene rings is 1. The van der Waals surface area contributed by atoms with E-state index in [0.29, 0.717) is 11.6 Å². The summed E-state index contributed by atoms with van der Waals surface area (Å²) in [4.78, 5) is 3.78. The minimum absolute atomic E-state index is 0.138. The van der Waals surface area contributed by atoms with Crippen LogP contribution < -0.4 is 5.32 Å². The van der Waals surface area contributed by atoms with Gasteiger partial charge in [-0.1, -0.05) is 0 Å². The highest BCUT2D eigenvalue weighted by Crippen LogP contribution is 2.33. The molecule has 0 radical (unpaired) electrons. The lowest BCUT2D eigenvalue weighted by Crippen LogP contribution is -2.09. The quantitative estimate of drug-likeness (QED) is 0.878. The summed E-state index contributed by atoms with van der Waals surface area (Å²) in [6, 6.07) is 7.70. The highest BCUT2D eigenvalue weighted by atomic mass is 19.4. The molecule has 2 rings (SSSR count). The van der Waals surface area contributed by atoms with E-state index in [9.17, 15) is 17.6 Å². The van der Waals surface area contributed by atoms with Crippen molar-refractivity contribution in [2.24, 2.45) is 0 Å². The molecule has 0 amide bonds. The summed E-state index contributed by atoms with van der Waals surface area (Å²) >= 11 is 0. The number of nitrogens with one attached hydrogen (secondary N) is 1. The minimum atomic E-state index is -4.74. The SMILES string of the molecule is N#Cc1cc(CNc2ccc(F)c(C(F)(F)F)c2)ccn1. The zero-order valence-corrected chi connectivity index (χ0v) is 10.6. The molecule has 0 fully saturated rings. The molecule has 2 aromatic rings. The molecule has 0 aliphatic heterocycles. The van der Waals surface area contributed by atoms with E-state index in [0.717, 1.165) is 6.07 Å². The predicted molar refractivity (Wildman–Crippen MR) is 67.7 cm³/mol. The van der Waals surface area contributed by atoms with Gasteiger partial charge in [0.25, 0.3) is 0 Å². The summed E-state index contributed by atoms with van der Waals surface area (Å²) in [5.74, 6) is -1.32. The fourth-order valence-electron chi connectivity index (χ4n) is 1.70. The Labute approximate surface area is 117 Å². The van der Waals surface area contributed by atoms with E-state index in [-0.39, 0.29) is 17.9 Å². The van der Waals surface area contributed by atoms with Crippen LogP contribution in [0.25, 0.3) is 0 Å². The summed E-state index contributed by atoms with van der Waals surface area (Å²) in [6.45, 7) is 0.195. The lowest BCUT2D eigenvalue weighted by atomic mass is 10.1. The highest BCUT2D eigenvalue weighted by molar-refractivity contribution is 5.47. The Kier molecular flexibility index (Phi) is 4.08. The molecule has 0 atom stereocenters. The maximum Gasteiger partial charge on any atom is 0.419 e. The molecule has 0 saturated carbocycles. The summed E-state index contributed by atoms with van der Waals surface area (Å²) in [5.41, 5.74) is -0.289. The van der Waals surface area contributed by atoms with Crippen molar-refractivity contribution in [3.63, 3.8) is 0 Å². The Morgan fingerprint density at radius 2 is 1.95 bits per heavy atom. The van der Waals surface area contributed by atoms with E-state index >= 15 is 0 Å². The number of rotatable bonds is 3. The van der Waals surface area contributed by atoms with Crippen LogP contribution in [0.2, 0.25) is 0 Å². The van der Waals surface area contributed by atoms with E-state index in [2.05, 4.69) is 10.3 Å². The second-order valence-corrected chi connectivity index (χ2v) is 4.21. The van der Waals surface area contributed by atoms with Gasteiger partial charge in [-0.3, -0.25) is 0 Å². The molecule has 7 heteroatoms. The summed E-state index contributed by atoms with van der Waals surface area (Å²) in [5, 5.41) is 11.5. The monoisotopic (exact) mass is 295 g/mol. The van der Waals surface area contributed by atoms with E-state index in [4.69, 9.17) is 5.26 Å². The average molecular weight is 295 g/mol. The Bertz CT molecular complexity index is 689. The fraction of sp³-hybridized carbons (Fsp3) is 0.143. The van der Waals surface area contributed by atoms with Crippen molar-refractivity contribution >= 4 is 5.69 Å². The number of anilines is 1. The first-order chi connectivity index (χ1) is 9.90. The number of hydrogen-bond donors (Lipinski definition) is 1. The maximum atomic E-state index is 13.1. The summed E-state index contributed by atoms with van der Waals surface area (Å²) in [7, 11) is 0. The van der Waals surface area contributed by atoms with E-state index in [1.807, 2.05) is 6.07 Å². The molecule has 3 nitrogen and oxygen atoms in total. The first-order valence-electron chi connectivity index (χ1n) is 5.86. The Morgan fingerprint density at radius 3 is 2.62 bits per heavy atom. The van der Waals surface area contributed by atoms with Crippen molar-refractivity contribution in [1.29, 1.82) is 5.26 Å². The standard InChI is InChI=1S/C14H9F4N3/c15-13-2-1-10(6-12(13)14(16,17)18)21-8-9-3-4-20-11(5-9)7-19/h1-6,21H,8H2. The average Bonchev–Trinajstić information content (AvgIpc) is 2.45. The van der Waals surface area contributed by atoms with Gasteiger partial charge in [-0.25, -0.2) is 9.37 Å². The zero-order valence-electron chi connectivity index (χ0n) is 10.6. The Balaban J connectivity index is 2.15. The molecular weight excluding hydrogens is 286 g/mol. The van der Waals surface area contributed by atoms with Crippen molar-refractivity contribution < 1.29 is 17.6 Å². The second kappa shape index (κ2) is 5.79. The van der Waals surface area contributed by atoms with E-state index < -0.39 is 17.6 Å². The van der Waals surface area contributed by atoms with Gasteiger partial charge in [0.1, 0.15) is 17.6 Å². The Hall–Kier alpha value is -2.62. The molecule has 0 aliphatic carbocycles. The van der Waals surface area contributed by atoms with Gasteiger partial charge in [-0.2, -0.15) is 18.4 Å². The smallest absolute Gasteiger partial charge is 0.381 e.